The van der Waals surface area contributed by atoms with E-state index in [2.05, 4.69) is 5.32 Å². The largest absolute Gasteiger partial charge is 0.327 e. The van der Waals surface area contributed by atoms with Gasteiger partial charge in [-0.15, -0.1) is 0 Å². The first-order chi connectivity index (χ1) is 8.07. The molecular formula is C12H12N2O3. The Balaban J connectivity index is 2.20. The first-order valence-electron chi connectivity index (χ1n) is 5.62. The predicted molar refractivity (Wildman–Crippen MR) is 58.7 cm³/mol. The van der Waals surface area contributed by atoms with Crippen LogP contribution in [0.1, 0.15) is 19.3 Å². The molecule has 1 atom stereocenters. The third kappa shape index (κ3) is 1.06. The van der Waals surface area contributed by atoms with Gasteiger partial charge in [0.05, 0.1) is 5.57 Å². The molecule has 1 spiro atoms. The van der Waals surface area contributed by atoms with E-state index in [1.165, 1.54) is 17.1 Å². The molecule has 2 amide bonds. The zero-order chi connectivity index (χ0) is 12.2. The number of carbonyl (C=O) groups excluding carboxylic acids is 3. The lowest BCUT2D eigenvalue weighted by molar-refractivity contribution is -0.135. The first-order valence-corrected chi connectivity index (χ1v) is 5.62. The highest BCUT2D eigenvalue weighted by Gasteiger charge is 2.56. The minimum atomic E-state index is -1.18. The van der Waals surface area contributed by atoms with Crippen LogP contribution in [-0.2, 0) is 14.4 Å². The number of ketones is 1. The summed E-state index contributed by atoms with van der Waals surface area (Å²) in [6.07, 6.45) is 4.80. The average molecular weight is 232 g/mol. The summed E-state index contributed by atoms with van der Waals surface area (Å²) in [5, 5.41) is 2.74. The van der Waals surface area contributed by atoms with Gasteiger partial charge in [0.15, 0.2) is 11.3 Å². The molecule has 0 aromatic carbocycles. The summed E-state index contributed by atoms with van der Waals surface area (Å²) in [6, 6.07) is 0. The number of amides is 2. The number of likely N-dealkylation sites (N-methyl/N-ethyl adjacent to an activating group) is 1. The van der Waals surface area contributed by atoms with E-state index in [9.17, 15) is 14.4 Å². The highest BCUT2D eigenvalue weighted by atomic mass is 16.2. The molecule has 3 rings (SSSR count). The van der Waals surface area contributed by atoms with Crippen LogP contribution in [0.3, 0.4) is 0 Å². The van der Waals surface area contributed by atoms with Gasteiger partial charge < -0.3 is 10.2 Å². The molecule has 1 unspecified atom stereocenters. The van der Waals surface area contributed by atoms with Crippen LogP contribution in [0.2, 0.25) is 0 Å². The maximum atomic E-state index is 12.1. The van der Waals surface area contributed by atoms with E-state index in [0.717, 1.165) is 6.42 Å². The van der Waals surface area contributed by atoms with Crippen molar-refractivity contribution < 1.29 is 14.4 Å². The summed E-state index contributed by atoms with van der Waals surface area (Å²) in [5.41, 5.74) is -0.0139. The van der Waals surface area contributed by atoms with Crippen molar-refractivity contribution in [2.24, 2.45) is 0 Å². The molecule has 0 saturated carbocycles. The Morgan fingerprint density at radius 2 is 2.06 bits per heavy atom. The zero-order valence-electron chi connectivity index (χ0n) is 9.45. The number of rotatable bonds is 0. The molecule has 0 bridgehead atoms. The Labute approximate surface area is 98.2 Å². The Kier molecular flexibility index (Phi) is 1.85. The summed E-state index contributed by atoms with van der Waals surface area (Å²) in [4.78, 5) is 37.1. The van der Waals surface area contributed by atoms with Crippen LogP contribution in [0.15, 0.2) is 23.4 Å². The molecule has 1 aliphatic carbocycles. The lowest BCUT2D eigenvalue weighted by Gasteiger charge is -2.31. The van der Waals surface area contributed by atoms with Crippen LogP contribution in [0, 0.1) is 0 Å². The molecule has 0 aromatic heterocycles. The minimum absolute atomic E-state index is 0.0317. The van der Waals surface area contributed by atoms with Gasteiger partial charge in [-0.3, -0.25) is 14.4 Å². The number of carbonyl (C=O) groups is 3. The number of hydrogen-bond acceptors (Lipinski definition) is 3. The molecule has 3 aliphatic rings. The molecule has 0 fully saturated rings. The molecule has 5 heteroatoms. The van der Waals surface area contributed by atoms with Gasteiger partial charge in [0.25, 0.3) is 5.91 Å². The Hall–Kier alpha value is -1.91. The van der Waals surface area contributed by atoms with Crippen molar-refractivity contribution in [2.45, 2.75) is 24.8 Å². The van der Waals surface area contributed by atoms with E-state index in [1.54, 1.807) is 7.05 Å². The lowest BCUT2D eigenvalue weighted by atomic mass is 9.83. The highest BCUT2D eigenvalue weighted by Crippen LogP contribution is 2.41. The van der Waals surface area contributed by atoms with E-state index in [0.29, 0.717) is 24.1 Å². The van der Waals surface area contributed by atoms with Gasteiger partial charge in [-0.2, -0.15) is 0 Å². The summed E-state index contributed by atoms with van der Waals surface area (Å²) in [6.45, 7) is 0. The minimum Gasteiger partial charge on any atom is -0.327 e. The van der Waals surface area contributed by atoms with E-state index in [-0.39, 0.29) is 17.6 Å². The predicted octanol–water partition coefficient (Wildman–Crippen LogP) is -0.110. The molecule has 17 heavy (non-hydrogen) atoms. The normalized spacial score (nSPS) is 31.6. The fraction of sp³-hybridized carbons (Fsp3) is 0.417. The topological polar surface area (TPSA) is 66.5 Å². The van der Waals surface area contributed by atoms with Crippen molar-refractivity contribution in [3.8, 4) is 0 Å². The second kappa shape index (κ2) is 3.06. The van der Waals surface area contributed by atoms with Crippen molar-refractivity contribution in [2.75, 3.05) is 7.05 Å². The number of fused-ring (bicyclic) bond motifs is 1. The van der Waals surface area contributed by atoms with Crippen LogP contribution >= 0.6 is 0 Å². The van der Waals surface area contributed by atoms with Gasteiger partial charge in [-0.05, 0) is 18.9 Å². The van der Waals surface area contributed by atoms with Crippen molar-refractivity contribution in [1.29, 1.82) is 0 Å². The van der Waals surface area contributed by atoms with Crippen LogP contribution < -0.4 is 5.32 Å². The van der Waals surface area contributed by atoms with Gasteiger partial charge in [0.2, 0.25) is 5.91 Å². The maximum Gasteiger partial charge on any atom is 0.259 e. The van der Waals surface area contributed by atoms with E-state index in [4.69, 9.17) is 0 Å². The van der Waals surface area contributed by atoms with Crippen molar-refractivity contribution in [3.05, 3.63) is 23.4 Å². The van der Waals surface area contributed by atoms with E-state index in [1.807, 2.05) is 0 Å². The lowest BCUT2D eigenvalue weighted by Crippen LogP contribution is -2.52. The maximum absolute atomic E-state index is 12.1. The number of nitrogens with zero attached hydrogens (tertiary/aromatic N) is 1. The van der Waals surface area contributed by atoms with Gasteiger partial charge in [-0.1, -0.05) is 0 Å². The second-order valence-electron chi connectivity index (χ2n) is 4.58. The van der Waals surface area contributed by atoms with Crippen LogP contribution in [0.5, 0.6) is 0 Å². The van der Waals surface area contributed by atoms with Gasteiger partial charge in [0, 0.05) is 25.2 Å². The molecule has 1 N–H and O–H groups in total. The van der Waals surface area contributed by atoms with Gasteiger partial charge in [0.1, 0.15) is 0 Å². The van der Waals surface area contributed by atoms with Crippen molar-refractivity contribution in [1.82, 2.24) is 10.2 Å². The fourth-order valence-corrected chi connectivity index (χ4v) is 2.83. The van der Waals surface area contributed by atoms with Gasteiger partial charge in [-0.25, -0.2) is 0 Å². The molecule has 5 nitrogen and oxygen atoms in total. The van der Waals surface area contributed by atoms with E-state index >= 15 is 0 Å². The Bertz CT molecular complexity index is 518. The standard InChI is InChI=1S/C12H12N2O3/c1-14-9(16)5-6-12(14)10-7(13-11(12)17)3-2-4-8(10)15/h5-6H,2-4H2,1H3,(H,13,17). The molecule has 2 aliphatic heterocycles. The first kappa shape index (κ1) is 10.3. The molecule has 0 aromatic rings. The molecule has 88 valence electrons. The second-order valence-corrected chi connectivity index (χ2v) is 4.58. The summed E-state index contributed by atoms with van der Waals surface area (Å²) >= 11 is 0. The molecule has 0 saturated heterocycles. The van der Waals surface area contributed by atoms with E-state index < -0.39 is 5.54 Å². The van der Waals surface area contributed by atoms with Crippen molar-refractivity contribution >= 4 is 17.6 Å². The summed E-state index contributed by atoms with van der Waals surface area (Å²) < 4.78 is 0. The molecule has 2 heterocycles. The Morgan fingerprint density at radius 1 is 1.29 bits per heavy atom. The van der Waals surface area contributed by atoms with Gasteiger partial charge >= 0.3 is 0 Å². The SMILES string of the molecule is CN1C(=O)C=CC12C(=O)NC1=C2C(=O)CCC1. The number of allylic oxidation sites excluding steroid dienone is 1. The summed E-state index contributed by atoms with van der Waals surface area (Å²) in [7, 11) is 1.56. The third-order valence-electron chi connectivity index (χ3n) is 3.73. The fourth-order valence-electron chi connectivity index (χ4n) is 2.83. The molecular weight excluding hydrogens is 220 g/mol. The van der Waals surface area contributed by atoms with Crippen LogP contribution in [-0.4, -0.2) is 35.1 Å². The quantitative estimate of drug-likeness (QED) is 0.633. The average Bonchev–Trinajstić information content (AvgIpc) is 2.74. The third-order valence-corrected chi connectivity index (χ3v) is 3.73. The number of Topliss-reactive ketones (excluding diaryl/α,β-unsaturated/α-hetero) is 1. The number of hydrogen-bond donors (Lipinski definition) is 1. The van der Waals surface area contributed by atoms with Crippen LogP contribution in [0.25, 0.3) is 0 Å². The number of nitrogens with one attached hydrogen (secondary N) is 1. The molecule has 0 radical (unpaired) electrons. The monoisotopic (exact) mass is 232 g/mol. The smallest absolute Gasteiger partial charge is 0.259 e. The summed E-state index contributed by atoms with van der Waals surface area (Å²) in [5.74, 6) is -0.564. The van der Waals surface area contributed by atoms with Crippen molar-refractivity contribution in [3.63, 3.8) is 0 Å². The Morgan fingerprint density at radius 3 is 2.71 bits per heavy atom. The zero-order valence-corrected chi connectivity index (χ0v) is 9.45. The van der Waals surface area contributed by atoms with Crippen LogP contribution in [0.4, 0.5) is 0 Å². The highest BCUT2D eigenvalue weighted by molar-refractivity contribution is 6.16.